The molecule has 6 nitrogen and oxygen atoms in total. The zero-order valence-corrected chi connectivity index (χ0v) is 11.2. The van der Waals surface area contributed by atoms with Crippen LogP contribution < -0.4 is 10.0 Å². The topological polar surface area (TPSA) is 89.2 Å². The van der Waals surface area contributed by atoms with Crippen LogP contribution in [0.2, 0.25) is 0 Å². The van der Waals surface area contributed by atoms with E-state index in [0.29, 0.717) is 31.7 Å². The van der Waals surface area contributed by atoms with Gasteiger partial charge in [0.1, 0.15) is 0 Å². The molecule has 0 radical (unpaired) electrons. The predicted octanol–water partition coefficient (Wildman–Crippen LogP) is 0.753. The zero-order chi connectivity index (χ0) is 15.0. The Morgan fingerprint density at radius 3 is 2.20 bits per heavy atom. The van der Waals surface area contributed by atoms with Gasteiger partial charge in [0.15, 0.2) is 11.5 Å². The minimum Gasteiger partial charge on any atom is -0.355 e. The molecule has 0 unspecified atom stereocenters. The summed E-state index contributed by atoms with van der Waals surface area (Å²) in [7, 11) is -3.57. The Labute approximate surface area is 113 Å². The number of nitrogens with two attached hydrogens (primary N) is 1. The summed E-state index contributed by atoms with van der Waals surface area (Å²) < 4.78 is 59.4. The van der Waals surface area contributed by atoms with Crippen molar-refractivity contribution < 1.29 is 21.6 Å². The highest BCUT2D eigenvalue weighted by Crippen LogP contribution is 2.28. The van der Waals surface area contributed by atoms with E-state index in [4.69, 9.17) is 5.14 Å². The first kappa shape index (κ1) is 15.0. The summed E-state index contributed by atoms with van der Waals surface area (Å²) in [5.41, 5.74) is -1.05. The summed E-state index contributed by atoms with van der Waals surface area (Å²) in [4.78, 5) is 1.69. The fraction of sp³-hybridized carbons (Fsp3) is 0.600. The van der Waals surface area contributed by atoms with Gasteiger partial charge in [-0.05, 0) is 25.0 Å². The van der Waals surface area contributed by atoms with Crippen LogP contribution in [0.4, 0.5) is 19.0 Å². The standard InChI is InChI=1S/C10H13F3N4O2S/c11-10(12,13)8-1-2-9(16-15-8)17-5-3-7(4-6-17)20(14,18)19/h1-2,7H,3-6H2,(H2,14,18,19). The molecule has 2 rings (SSSR count). The van der Waals surface area contributed by atoms with Crippen LogP contribution in [0.1, 0.15) is 18.5 Å². The number of aromatic nitrogens is 2. The smallest absolute Gasteiger partial charge is 0.355 e. The van der Waals surface area contributed by atoms with Crippen molar-refractivity contribution in [1.82, 2.24) is 10.2 Å². The molecule has 0 saturated carbocycles. The van der Waals surface area contributed by atoms with Crippen molar-refractivity contribution in [2.24, 2.45) is 5.14 Å². The van der Waals surface area contributed by atoms with Gasteiger partial charge >= 0.3 is 6.18 Å². The van der Waals surface area contributed by atoms with E-state index in [1.54, 1.807) is 4.90 Å². The third-order valence-electron chi connectivity index (χ3n) is 3.17. The fourth-order valence-electron chi connectivity index (χ4n) is 2.06. The third-order valence-corrected chi connectivity index (χ3v) is 4.57. The molecular formula is C10H13F3N4O2S. The van der Waals surface area contributed by atoms with Gasteiger partial charge in [-0.3, -0.25) is 0 Å². The number of anilines is 1. The summed E-state index contributed by atoms with van der Waals surface area (Å²) in [5.74, 6) is 0.297. The molecule has 0 atom stereocenters. The minimum atomic E-state index is -4.52. The monoisotopic (exact) mass is 310 g/mol. The summed E-state index contributed by atoms with van der Waals surface area (Å²) >= 11 is 0. The Hall–Kier alpha value is -1.42. The van der Waals surface area contributed by atoms with E-state index in [9.17, 15) is 21.6 Å². The Bertz CT molecular complexity index is 565. The molecule has 1 aromatic rings. The normalized spacial score (nSPS) is 18.3. The first-order valence-electron chi connectivity index (χ1n) is 5.85. The maximum Gasteiger partial charge on any atom is 0.435 e. The van der Waals surface area contributed by atoms with Crippen molar-refractivity contribution in [2.45, 2.75) is 24.3 Å². The van der Waals surface area contributed by atoms with Gasteiger partial charge in [0.2, 0.25) is 10.0 Å². The maximum absolute atomic E-state index is 12.3. The molecule has 0 amide bonds. The van der Waals surface area contributed by atoms with Crippen molar-refractivity contribution in [1.29, 1.82) is 0 Å². The highest BCUT2D eigenvalue weighted by molar-refractivity contribution is 7.89. The number of halogens is 3. The second-order valence-electron chi connectivity index (χ2n) is 4.55. The van der Waals surface area contributed by atoms with Gasteiger partial charge in [0.25, 0.3) is 0 Å². The number of alkyl halides is 3. The van der Waals surface area contributed by atoms with Crippen molar-refractivity contribution in [2.75, 3.05) is 18.0 Å². The molecule has 112 valence electrons. The van der Waals surface area contributed by atoms with Gasteiger partial charge in [0, 0.05) is 13.1 Å². The molecule has 0 aromatic carbocycles. The molecule has 0 bridgehead atoms. The molecule has 2 heterocycles. The van der Waals surface area contributed by atoms with Crippen LogP contribution in [-0.4, -0.2) is 37.0 Å². The van der Waals surface area contributed by atoms with Crippen molar-refractivity contribution in [3.63, 3.8) is 0 Å². The molecule has 1 aliphatic heterocycles. The summed E-state index contributed by atoms with van der Waals surface area (Å²) in [6.07, 6.45) is -3.88. The van der Waals surface area contributed by atoms with E-state index in [-0.39, 0.29) is 0 Å². The molecule has 1 aromatic heterocycles. The number of hydrogen-bond acceptors (Lipinski definition) is 5. The van der Waals surface area contributed by atoms with Crippen molar-refractivity contribution in [3.05, 3.63) is 17.8 Å². The first-order chi connectivity index (χ1) is 9.18. The van der Waals surface area contributed by atoms with E-state index < -0.39 is 27.1 Å². The lowest BCUT2D eigenvalue weighted by Gasteiger charge is -2.31. The SMILES string of the molecule is NS(=O)(=O)C1CCN(c2ccc(C(F)(F)F)nn2)CC1. The second kappa shape index (κ2) is 5.17. The average molecular weight is 310 g/mol. The van der Waals surface area contributed by atoms with Crippen LogP contribution in [0.25, 0.3) is 0 Å². The third kappa shape index (κ3) is 3.37. The lowest BCUT2D eigenvalue weighted by molar-refractivity contribution is -0.141. The first-order valence-corrected chi connectivity index (χ1v) is 7.46. The van der Waals surface area contributed by atoms with Crippen LogP contribution in [0.15, 0.2) is 12.1 Å². The molecule has 20 heavy (non-hydrogen) atoms. The van der Waals surface area contributed by atoms with Gasteiger partial charge in [-0.1, -0.05) is 0 Å². The van der Waals surface area contributed by atoms with Crippen molar-refractivity contribution in [3.8, 4) is 0 Å². The maximum atomic E-state index is 12.3. The Morgan fingerprint density at radius 2 is 1.80 bits per heavy atom. The summed E-state index contributed by atoms with van der Waals surface area (Å²) in [6.45, 7) is 0.724. The van der Waals surface area contributed by atoms with E-state index in [2.05, 4.69) is 10.2 Å². The Kier molecular flexibility index (Phi) is 3.87. The number of nitrogens with zero attached hydrogens (tertiary/aromatic N) is 3. The molecule has 0 spiro atoms. The average Bonchev–Trinajstić information content (AvgIpc) is 2.37. The number of sulfonamides is 1. The lowest BCUT2D eigenvalue weighted by atomic mass is 10.1. The summed E-state index contributed by atoms with van der Waals surface area (Å²) in [6, 6.07) is 2.08. The fourth-order valence-corrected chi connectivity index (χ4v) is 2.93. The molecule has 1 aliphatic rings. The highest BCUT2D eigenvalue weighted by Gasteiger charge is 2.33. The van der Waals surface area contributed by atoms with Gasteiger partial charge in [-0.25, -0.2) is 13.6 Å². The van der Waals surface area contributed by atoms with Gasteiger partial charge in [-0.2, -0.15) is 13.2 Å². The highest BCUT2D eigenvalue weighted by atomic mass is 32.2. The Balaban J connectivity index is 2.04. The van der Waals surface area contributed by atoms with E-state index in [1.807, 2.05) is 0 Å². The van der Waals surface area contributed by atoms with E-state index >= 15 is 0 Å². The lowest BCUT2D eigenvalue weighted by Crippen LogP contribution is -2.42. The summed E-state index contributed by atoms with van der Waals surface area (Å²) in [5, 5.41) is 11.1. The molecule has 2 N–H and O–H groups in total. The van der Waals surface area contributed by atoms with Gasteiger partial charge in [-0.15, -0.1) is 10.2 Å². The number of primary sulfonamides is 1. The second-order valence-corrected chi connectivity index (χ2v) is 6.39. The van der Waals surface area contributed by atoms with Crippen LogP contribution in [0.5, 0.6) is 0 Å². The van der Waals surface area contributed by atoms with Crippen LogP contribution in [-0.2, 0) is 16.2 Å². The number of piperidine rings is 1. The van der Waals surface area contributed by atoms with Crippen LogP contribution in [0.3, 0.4) is 0 Å². The Morgan fingerprint density at radius 1 is 1.20 bits per heavy atom. The molecule has 0 aliphatic carbocycles. The minimum absolute atomic E-state index is 0.297. The molecule has 1 fully saturated rings. The predicted molar refractivity (Wildman–Crippen MR) is 65.4 cm³/mol. The van der Waals surface area contributed by atoms with Crippen LogP contribution >= 0.6 is 0 Å². The largest absolute Gasteiger partial charge is 0.435 e. The molecule has 10 heteroatoms. The molecule has 1 saturated heterocycles. The quantitative estimate of drug-likeness (QED) is 0.871. The van der Waals surface area contributed by atoms with Gasteiger partial charge in [0.05, 0.1) is 5.25 Å². The van der Waals surface area contributed by atoms with Crippen molar-refractivity contribution >= 4 is 15.8 Å². The van der Waals surface area contributed by atoms with E-state index in [0.717, 1.165) is 6.07 Å². The van der Waals surface area contributed by atoms with Gasteiger partial charge < -0.3 is 4.90 Å². The molecular weight excluding hydrogens is 297 g/mol. The van der Waals surface area contributed by atoms with Crippen LogP contribution in [0, 0.1) is 0 Å². The van der Waals surface area contributed by atoms with E-state index in [1.165, 1.54) is 6.07 Å². The zero-order valence-electron chi connectivity index (χ0n) is 10.3. The number of hydrogen-bond donors (Lipinski definition) is 1. The number of rotatable bonds is 2.